The van der Waals surface area contributed by atoms with Crippen molar-refractivity contribution in [3.63, 3.8) is 0 Å². The highest BCUT2D eigenvalue weighted by Crippen LogP contribution is 2.36. The maximum absolute atomic E-state index is 13.2. The van der Waals surface area contributed by atoms with Crippen LogP contribution in [-0.4, -0.2) is 50.8 Å². The SMILES string of the molecule is CCCC/C=C/COC(=O)CCCCCCCCC(CCCCCCCCC(=O)OC/C=C/CCCCC)OC(=O)CC(C)(C)CC(C)(C)CNC. The first-order valence-corrected chi connectivity index (χ1v) is 21.4. The summed E-state index contributed by atoms with van der Waals surface area (Å²) in [5.74, 6) is -0.273. The van der Waals surface area contributed by atoms with Crippen LogP contribution in [0.3, 0.4) is 0 Å². The molecule has 0 saturated carbocycles. The zero-order chi connectivity index (χ0) is 38.8. The summed E-state index contributed by atoms with van der Waals surface area (Å²) in [4.78, 5) is 37.1. The Morgan fingerprint density at radius 2 is 1.02 bits per heavy atom. The van der Waals surface area contributed by atoms with Gasteiger partial charge in [0.15, 0.2) is 0 Å². The van der Waals surface area contributed by atoms with Gasteiger partial charge in [0.2, 0.25) is 0 Å². The molecule has 0 radical (unpaired) electrons. The Morgan fingerprint density at radius 3 is 1.50 bits per heavy atom. The van der Waals surface area contributed by atoms with Gasteiger partial charge in [0.25, 0.3) is 0 Å². The summed E-state index contributed by atoms with van der Waals surface area (Å²) in [6.45, 7) is 14.9. The predicted octanol–water partition coefficient (Wildman–Crippen LogP) is 12.2. The van der Waals surface area contributed by atoms with E-state index >= 15 is 0 Å². The molecule has 7 nitrogen and oxygen atoms in total. The lowest BCUT2D eigenvalue weighted by Gasteiger charge is -2.34. The summed E-state index contributed by atoms with van der Waals surface area (Å²) in [5, 5.41) is 3.28. The quantitative estimate of drug-likeness (QED) is 0.0297. The molecule has 1 N–H and O–H groups in total. The molecule has 0 bridgehead atoms. The summed E-state index contributed by atoms with van der Waals surface area (Å²) in [5.41, 5.74) is -0.0220. The summed E-state index contributed by atoms with van der Waals surface area (Å²) >= 11 is 0. The van der Waals surface area contributed by atoms with Crippen molar-refractivity contribution in [1.82, 2.24) is 5.32 Å². The third-order valence-corrected chi connectivity index (χ3v) is 9.56. The standard InChI is InChI=1S/C45H83NO6/c1-8-10-12-14-24-30-36-51-42(48)34-28-22-18-16-20-26-32-40(52-43(49)37-44(3,4)38-45(5,6)39-46-7)31-25-19-15-17-21-27-33-41(47)50-35-29-23-13-11-9-2/h23-24,29-30,40,46H,8-22,25-28,31-39H2,1-7H3/b29-23+,30-24+. The number of hydrogen-bond donors (Lipinski definition) is 1. The maximum atomic E-state index is 13.2. The minimum atomic E-state index is -0.128. The fourth-order valence-electron chi connectivity index (χ4n) is 7.11. The topological polar surface area (TPSA) is 90.9 Å². The van der Waals surface area contributed by atoms with Gasteiger partial charge >= 0.3 is 17.9 Å². The number of allylic oxidation sites excluding steroid dienone is 2. The molecule has 0 aromatic rings. The van der Waals surface area contributed by atoms with E-state index in [9.17, 15) is 14.4 Å². The Balaban J connectivity index is 4.48. The molecule has 1 atom stereocenters. The van der Waals surface area contributed by atoms with E-state index in [1.807, 2.05) is 19.2 Å². The molecule has 0 aliphatic rings. The number of rotatable bonds is 36. The Morgan fingerprint density at radius 1 is 0.558 bits per heavy atom. The lowest BCUT2D eigenvalue weighted by Crippen LogP contribution is -2.33. The van der Waals surface area contributed by atoms with Gasteiger partial charge in [-0.25, -0.2) is 0 Å². The van der Waals surface area contributed by atoms with Gasteiger partial charge in [-0.15, -0.1) is 0 Å². The van der Waals surface area contributed by atoms with Crippen molar-refractivity contribution >= 4 is 17.9 Å². The highest BCUT2D eigenvalue weighted by atomic mass is 16.5. The van der Waals surface area contributed by atoms with E-state index in [2.05, 4.69) is 59.0 Å². The van der Waals surface area contributed by atoms with Gasteiger partial charge in [0, 0.05) is 12.8 Å². The van der Waals surface area contributed by atoms with Crippen LogP contribution >= 0.6 is 0 Å². The smallest absolute Gasteiger partial charge is 0.306 e. The van der Waals surface area contributed by atoms with Crippen molar-refractivity contribution in [2.75, 3.05) is 26.8 Å². The Bertz CT molecular complexity index is 940. The molecule has 0 heterocycles. The van der Waals surface area contributed by atoms with Crippen LogP contribution in [0.1, 0.15) is 202 Å². The minimum Gasteiger partial charge on any atom is -0.462 e. The second-order valence-electron chi connectivity index (χ2n) is 16.6. The molecule has 0 rings (SSSR count). The van der Waals surface area contributed by atoms with Crippen molar-refractivity contribution in [2.45, 2.75) is 208 Å². The highest BCUT2D eigenvalue weighted by Gasteiger charge is 2.31. The maximum Gasteiger partial charge on any atom is 0.306 e. The fourth-order valence-corrected chi connectivity index (χ4v) is 7.11. The monoisotopic (exact) mass is 734 g/mol. The molecule has 0 aliphatic carbocycles. The number of nitrogens with one attached hydrogen (secondary N) is 1. The number of esters is 3. The van der Waals surface area contributed by atoms with Crippen LogP contribution in [-0.2, 0) is 28.6 Å². The Labute approximate surface area is 321 Å². The highest BCUT2D eigenvalue weighted by molar-refractivity contribution is 5.70. The average Bonchev–Trinajstić information content (AvgIpc) is 3.07. The average molecular weight is 734 g/mol. The molecular weight excluding hydrogens is 650 g/mol. The molecule has 304 valence electrons. The van der Waals surface area contributed by atoms with E-state index < -0.39 is 0 Å². The first-order chi connectivity index (χ1) is 24.9. The molecule has 1 unspecified atom stereocenters. The van der Waals surface area contributed by atoms with E-state index in [1.165, 1.54) is 32.1 Å². The molecule has 0 aromatic heterocycles. The van der Waals surface area contributed by atoms with Crippen LogP contribution in [0.2, 0.25) is 0 Å². The van der Waals surface area contributed by atoms with Gasteiger partial charge in [-0.2, -0.15) is 0 Å². The van der Waals surface area contributed by atoms with Crippen molar-refractivity contribution in [1.29, 1.82) is 0 Å². The van der Waals surface area contributed by atoms with Crippen molar-refractivity contribution in [3.05, 3.63) is 24.3 Å². The number of carbonyl (C=O) groups is 3. The van der Waals surface area contributed by atoms with Crippen LogP contribution in [0.15, 0.2) is 24.3 Å². The van der Waals surface area contributed by atoms with Gasteiger partial charge in [-0.05, 0) is 88.6 Å². The van der Waals surface area contributed by atoms with Crippen LogP contribution in [0, 0.1) is 10.8 Å². The second-order valence-corrected chi connectivity index (χ2v) is 16.6. The normalized spacial score (nSPS) is 12.8. The minimum absolute atomic E-state index is 0.0325. The molecule has 0 aromatic carbocycles. The fraction of sp³-hybridized carbons (Fsp3) is 0.844. The second kappa shape index (κ2) is 33.4. The van der Waals surface area contributed by atoms with Crippen molar-refractivity contribution in [3.8, 4) is 0 Å². The molecule has 0 spiro atoms. The van der Waals surface area contributed by atoms with Crippen LogP contribution in [0.4, 0.5) is 0 Å². The van der Waals surface area contributed by atoms with Gasteiger partial charge in [0.05, 0.1) is 6.42 Å². The lowest BCUT2D eigenvalue weighted by atomic mass is 9.73. The van der Waals surface area contributed by atoms with E-state index in [1.54, 1.807) is 0 Å². The summed E-state index contributed by atoms with van der Waals surface area (Å²) in [7, 11) is 1.98. The van der Waals surface area contributed by atoms with Gasteiger partial charge in [-0.1, -0.05) is 143 Å². The molecule has 7 heteroatoms. The van der Waals surface area contributed by atoms with Crippen LogP contribution in [0.5, 0.6) is 0 Å². The van der Waals surface area contributed by atoms with E-state index in [-0.39, 0.29) is 34.8 Å². The first kappa shape index (κ1) is 49.9. The number of unbranched alkanes of at least 4 members (excludes halogenated alkanes) is 15. The van der Waals surface area contributed by atoms with Gasteiger partial charge < -0.3 is 19.5 Å². The van der Waals surface area contributed by atoms with E-state index in [0.29, 0.717) is 32.5 Å². The number of carbonyl (C=O) groups excluding carboxylic acids is 3. The summed E-state index contributed by atoms with van der Waals surface area (Å²) < 4.78 is 16.8. The van der Waals surface area contributed by atoms with Crippen LogP contribution < -0.4 is 5.32 Å². The Hall–Kier alpha value is -2.15. The molecule has 0 saturated heterocycles. The third-order valence-electron chi connectivity index (χ3n) is 9.56. The Kier molecular flexibility index (Phi) is 32.0. The summed E-state index contributed by atoms with van der Waals surface area (Å²) in [6, 6.07) is 0. The van der Waals surface area contributed by atoms with Gasteiger partial charge in [0.1, 0.15) is 19.3 Å². The zero-order valence-corrected chi connectivity index (χ0v) is 35.1. The number of hydrogen-bond acceptors (Lipinski definition) is 7. The lowest BCUT2D eigenvalue weighted by molar-refractivity contribution is -0.152. The van der Waals surface area contributed by atoms with E-state index in [4.69, 9.17) is 14.2 Å². The number of ether oxygens (including phenoxy) is 3. The molecular formula is C45H83NO6. The van der Waals surface area contributed by atoms with Crippen LogP contribution in [0.25, 0.3) is 0 Å². The first-order valence-electron chi connectivity index (χ1n) is 21.4. The molecule has 0 aliphatic heterocycles. The zero-order valence-electron chi connectivity index (χ0n) is 35.1. The van der Waals surface area contributed by atoms with E-state index in [0.717, 1.165) is 116 Å². The third kappa shape index (κ3) is 33.7. The predicted molar refractivity (Wildman–Crippen MR) is 218 cm³/mol. The van der Waals surface area contributed by atoms with Crippen molar-refractivity contribution < 1.29 is 28.6 Å². The van der Waals surface area contributed by atoms with Crippen molar-refractivity contribution in [2.24, 2.45) is 10.8 Å². The van der Waals surface area contributed by atoms with Gasteiger partial charge in [-0.3, -0.25) is 14.4 Å². The largest absolute Gasteiger partial charge is 0.462 e. The molecule has 0 fully saturated rings. The molecule has 0 amide bonds. The summed E-state index contributed by atoms with van der Waals surface area (Å²) in [6.07, 6.45) is 33.0. The molecule has 52 heavy (non-hydrogen) atoms.